The first-order chi connectivity index (χ1) is 15.1. The van der Waals surface area contributed by atoms with Crippen LogP contribution in [0.15, 0.2) is 41.1 Å². The molecule has 0 atom stereocenters. The lowest BCUT2D eigenvalue weighted by Gasteiger charge is -2.21. The fourth-order valence-corrected chi connectivity index (χ4v) is 5.37. The molecule has 1 amide bonds. The van der Waals surface area contributed by atoms with Crippen molar-refractivity contribution in [2.75, 3.05) is 11.9 Å². The van der Waals surface area contributed by atoms with Gasteiger partial charge in [0.2, 0.25) is 0 Å². The topological polar surface area (TPSA) is 86.8 Å². The van der Waals surface area contributed by atoms with Gasteiger partial charge in [-0.25, -0.2) is 4.98 Å². The number of aromatic nitrogens is 1. The summed E-state index contributed by atoms with van der Waals surface area (Å²) < 4.78 is 17.1. The molecule has 31 heavy (non-hydrogen) atoms. The zero-order valence-electron chi connectivity index (χ0n) is 16.6. The van der Waals surface area contributed by atoms with Crippen LogP contribution in [0.1, 0.15) is 31.4 Å². The molecular formula is C22H20N2O5S2. The fraction of sp³-hybridized carbons (Fsp3) is 0.318. The van der Waals surface area contributed by atoms with E-state index in [1.165, 1.54) is 11.3 Å². The molecule has 1 aliphatic carbocycles. The lowest BCUT2D eigenvalue weighted by atomic mass is 10.2. The van der Waals surface area contributed by atoms with Crippen molar-refractivity contribution in [2.24, 2.45) is 0 Å². The molecule has 1 fully saturated rings. The van der Waals surface area contributed by atoms with E-state index in [4.69, 9.17) is 14.2 Å². The molecule has 160 valence electrons. The third kappa shape index (κ3) is 4.42. The lowest BCUT2D eigenvalue weighted by molar-refractivity contribution is -0.146. The highest BCUT2D eigenvalue weighted by atomic mass is 32.1. The summed E-state index contributed by atoms with van der Waals surface area (Å²) in [4.78, 5) is 29.8. The highest BCUT2D eigenvalue weighted by Crippen LogP contribution is 2.47. The van der Waals surface area contributed by atoms with Crippen molar-refractivity contribution in [1.29, 1.82) is 0 Å². The van der Waals surface area contributed by atoms with Gasteiger partial charge in [-0.3, -0.25) is 9.59 Å². The first-order valence-electron chi connectivity index (χ1n) is 10.0. The Morgan fingerprint density at radius 2 is 1.97 bits per heavy atom. The third-order valence-electron chi connectivity index (χ3n) is 5.16. The number of thiazole rings is 1. The van der Waals surface area contributed by atoms with Gasteiger partial charge in [0.05, 0.1) is 17.0 Å². The Kier molecular flexibility index (Phi) is 5.37. The summed E-state index contributed by atoms with van der Waals surface area (Å²) in [7, 11) is 0. The van der Waals surface area contributed by atoms with Crippen LogP contribution in [0.4, 0.5) is 5.69 Å². The standard InChI is InChI=1S/C22H20N2O5S2/c25-19(12-27-20(26)11-15-13-31-21(24-15)18-4-3-9-30-18)23-14-5-6-16-17(10-14)29-22(28-16)7-1-2-8-22/h3-6,9-10,13H,1-2,7-8,11-12H2,(H,23,25). The van der Waals surface area contributed by atoms with E-state index in [1.807, 2.05) is 22.9 Å². The maximum absolute atomic E-state index is 12.2. The Morgan fingerprint density at radius 1 is 1.13 bits per heavy atom. The quantitative estimate of drug-likeness (QED) is 0.544. The van der Waals surface area contributed by atoms with Crippen LogP contribution in [0.2, 0.25) is 0 Å². The number of thiophene rings is 1. The van der Waals surface area contributed by atoms with Gasteiger partial charge in [-0.1, -0.05) is 6.07 Å². The van der Waals surface area contributed by atoms with Crippen LogP contribution in [0, 0.1) is 0 Å². The molecule has 0 bridgehead atoms. The molecule has 9 heteroatoms. The van der Waals surface area contributed by atoms with E-state index in [9.17, 15) is 9.59 Å². The highest BCUT2D eigenvalue weighted by Gasteiger charge is 2.44. The van der Waals surface area contributed by atoms with Crippen LogP contribution in [0.5, 0.6) is 11.5 Å². The Hall–Kier alpha value is -2.91. The molecule has 1 aliphatic heterocycles. The lowest BCUT2D eigenvalue weighted by Crippen LogP contribution is -2.34. The molecule has 7 nitrogen and oxygen atoms in total. The molecule has 1 spiro atoms. The smallest absolute Gasteiger partial charge is 0.312 e. The number of esters is 1. The molecule has 3 aromatic rings. The van der Waals surface area contributed by atoms with Crippen molar-refractivity contribution in [3.63, 3.8) is 0 Å². The van der Waals surface area contributed by atoms with E-state index >= 15 is 0 Å². The number of benzene rings is 1. The van der Waals surface area contributed by atoms with Crippen molar-refractivity contribution >= 4 is 40.2 Å². The van der Waals surface area contributed by atoms with E-state index < -0.39 is 17.7 Å². The zero-order valence-corrected chi connectivity index (χ0v) is 18.2. The second-order valence-corrected chi connectivity index (χ2v) is 9.30. The van der Waals surface area contributed by atoms with Gasteiger partial charge in [0.25, 0.3) is 11.7 Å². The van der Waals surface area contributed by atoms with Crippen LogP contribution in [-0.4, -0.2) is 29.3 Å². The van der Waals surface area contributed by atoms with Crippen molar-refractivity contribution in [2.45, 2.75) is 37.9 Å². The normalized spacial score (nSPS) is 15.9. The van der Waals surface area contributed by atoms with Crippen LogP contribution in [-0.2, 0) is 20.7 Å². The molecular weight excluding hydrogens is 436 g/mol. The average molecular weight is 457 g/mol. The number of hydrogen-bond acceptors (Lipinski definition) is 8. The van der Waals surface area contributed by atoms with Crippen LogP contribution >= 0.6 is 22.7 Å². The van der Waals surface area contributed by atoms with E-state index in [-0.39, 0.29) is 13.0 Å². The molecule has 2 aromatic heterocycles. The van der Waals surface area contributed by atoms with E-state index in [0.717, 1.165) is 35.6 Å². The van der Waals surface area contributed by atoms with E-state index in [2.05, 4.69) is 10.3 Å². The summed E-state index contributed by atoms with van der Waals surface area (Å²) >= 11 is 3.08. The minimum Gasteiger partial charge on any atom is -0.455 e. The third-order valence-corrected chi connectivity index (χ3v) is 7.09. The van der Waals surface area contributed by atoms with Gasteiger partial charge in [0.15, 0.2) is 18.1 Å². The number of ether oxygens (including phenoxy) is 3. The first-order valence-corrected chi connectivity index (χ1v) is 11.8. The Bertz CT molecular complexity index is 1100. The summed E-state index contributed by atoms with van der Waals surface area (Å²) in [6.07, 6.45) is 3.93. The molecule has 1 aromatic carbocycles. The molecule has 0 saturated heterocycles. The molecule has 0 unspecified atom stereocenters. The van der Waals surface area contributed by atoms with Crippen molar-refractivity contribution in [3.8, 4) is 21.4 Å². The van der Waals surface area contributed by atoms with Crippen LogP contribution < -0.4 is 14.8 Å². The maximum atomic E-state index is 12.2. The van der Waals surface area contributed by atoms with Crippen molar-refractivity contribution < 1.29 is 23.8 Å². The van der Waals surface area contributed by atoms with Crippen LogP contribution in [0.25, 0.3) is 9.88 Å². The summed E-state index contributed by atoms with van der Waals surface area (Å²) in [6.45, 7) is -0.362. The molecule has 1 N–H and O–H groups in total. The number of nitrogens with zero attached hydrogens (tertiary/aromatic N) is 1. The number of carbonyl (C=O) groups is 2. The van der Waals surface area contributed by atoms with Gasteiger partial charge >= 0.3 is 5.97 Å². The van der Waals surface area contributed by atoms with Gasteiger partial charge < -0.3 is 19.5 Å². The summed E-state index contributed by atoms with van der Waals surface area (Å²) in [5.41, 5.74) is 1.20. The number of nitrogens with one attached hydrogen (secondary N) is 1. The van der Waals surface area contributed by atoms with Gasteiger partial charge in [-0.05, 0) is 36.4 Å². The van der Waals surface area contributed by atoms with E-state index in [0.29, 0.717) is 22.9 Å². The fourth-order valence-electron chi connectivity index (χ4n) is 3.73. The second kappa shape index (κ2) is 8.32. The Morgan fingerprint density at radius 3 is 2.77 bits per heavy atom. The van der Waals surface area contributed by atoms with Gasteiger partial charge in [0, 0.05) is 30.0 Å². The summed E-state index contributed by atoms with van der Waals surface area (Å²) in [5, 5.41) is 7.42. The monoisotopic (exact) mass is 456 g/mol. The van der Waals surface area contributed by atoms with Gasteiger partial charge in [-0.2, -0.15) is 0 Å². The summed E-state index contributed by atoms with van der Waals surface area (Å²) in [6, 6.07) is 9.22. The minimum absolute atomic E-state index is 0.0290. The molecule has 3 heterocycles. The molecule has 1 saturated carbocycles. The average Bonchev–Trinajstić information content (AvgIpc) is 3.54. The number of anilines is 1. The molecule has 2 aliphatic rings. The second-order valence-electron chi connectivity index (χ2n) is 7.49. The first kappa shape index (κ1) is 20.0. The Balaban J connectivity index is 1.11. The number of rotatable bonds is 6. The highest BCUT2D eigenvalue weighted by molar-refractivity contribution is 7.20. The van der Waals surface area contributed by atoms with E-state index in [1.54, 1.807) is 29.5 Å². The minimum atomic E-state index is -0.542. The summed E-state index contributed by atoms with van der Waals surface area (Å²) in [5.74, 6) is -0.134. The largest absolute Gasteiger partial charge is 0.455 e. The van der Waals surface area contributed by atoms with Crippen molar-refractivity contribution in [1.82, 2.24) is 4.98 Å². The predicted molar refractivity (Wildman–Crippen MR) is 118 cm³/mol. The number of fused-ring (bicyclic) bond motifs is 1. The number of amides is 1. The van der Waals surface area contributed by atoms with Crippen LogP contribution in [0.3, 0.4) is 0 Å². The number of hydrogen-bond donors (Lipinski definition) is 1. The predicted octanol–water partition coefficient (Wildman–Crippen LogP) is 4.64. The molecule has 5 rings (SSSR count). The van der Waals surface area contributed by atoms with Gasteiger partial charge in [0.1, 0.15) is 5.01 Å². The van der Waals surface area contributed by atoms with Crippen molar-refractivity contribution in [3.05, 3.63) is 46.8 Å². The maximum Gasteiger partial charge on any atom is 0.312 e. The Labute approximate surface area is 187 Å². The van der Waals surface area contributed by atoms with Gasteiger partial charge in [-0.15, -0.1) is 22.7 Å². The molecule has 0 radical (unpaired) electrons. The zero-order chi connectivity index (χ0) is 21.3. The SMILES string of the molecule is O=C(COC(=O)Cc1csc(-c2cccs2)n1)Nc1ccc2c(c1)OC1(CCCC1)O2. The number of carbonyl (C=O) groups excluding carboxylic acids is 2.